The van der Waals surface area contributed by atoms with E-state index < -0.39 is 0 Å². The Morgan fingerprint density at radius 2 is 1.56 bits per heavy atom. The Morgan fingerprint density at radius 1 is 0.889 bits per heavy atom. The van der Waals surface area contributed by atoms with Crippen LogP contribution < -0.4 is 5.73 Å². The second kappa shape index (κ2) is 6.22. The van der Waals surface area contributed by atoms with Crippen LogP contribution in [0.15, 0.2) is 54.6 Å². The average Bonchev–Trinajstić information content (AvgIpc) is 2.39. The van der Waals surface area contributed by atoms with Gasteiger partial charge in [-0.3, -0.25) is 0 Å². The standard InChI is InChI=1S/C16H19NO/c17-15(12-14-4-2-1-3-5-14)9-6-13-7-10-16(18)11-8-13/h1-5,7-8,10-11,15,18H,6,9,12,17H2. The van der Waals surface area contributed by atoms with Gasteiger partial charge in [0, 0.05) is 6.04 Å². The minimum atomic E-state index is 0.182. The summed E-state index contributed by atoms with van der Waals surface area (Å²) in [4.78, 5) is 0. The van der Waals surface area contributed by atoms with E-state index in [9.17, 15) is 5.11 Å². The molecular weight excluding hydrogens is 222 g/mol. The Kier molecular flexibility index (Phi) is 4.37. The fourth-order valence-corrected chi connectivity index (χ4v) is 2.03. The fraction of sp³-hybridized carbons (Fsp3) is 0.250. The maximum atomic E-state index is 9.20. The first kappa shape index (κ1) is 12.7. The number of hydrogen-bond acceptors (Lipinski definition) is 2. The van der Waals surface area contributed by atoms with Crippen molar-refractivity contribution in [2.75, 3.05) is 0 Å². The topological polar surface area (TPSA) is 46.2 Å². The minimum absolute atomic E-state index is 0.182. The summed E-state index contributed by atoms with van der Waals surface area (Å²) < 4.78 is 0. The van der Waals surface area contributed by atoms with Crippen molar-refractivity contribution in [3.63, 3.8) is 0 Å². The lowest BCUT2D eigenvalue weighted by atomic mass is 10.00. The van der Waals surface area contributed by atoms with Crippen molar-refractivity contribution in [1.82, 2.24) is 0 Å². The number of rotatable bonds is 5. The maximum Gasteiger partial charge on any atom is 0.115 e. The molecule has 1 unspecified atom stereocenters. The smallest absolute Gasteiger partial charge is 0.115 e. The molecule has 0 aromatic heterocycles. The van der Waals surface area contributed by atoms with Crippen LogP contribution in [0.5, 0.6) is 5.75 Å². The third kappa shape index (κ3) is 3.90. The highest BCUT2D eigenvalue weighted by Crippen LogP contribution is 2.12. The van der Waals surface area contributed by atoms with Gasteiger partial charge < -0.3 is 10.8 Å². The summed E-state index contributed by atoms with van der Waals surface area (Å²) in [5.41, 5.74) is 8.64. The van der Waals surface area contributed by atoms with Crippen LogP contribution in [0, 0.1) is 0 Å². The summed E-state index contributed by atoms with van der Waals surface area (Å²) in [6.45, 7) is 0. The fourth-order valence-electron chi connectivity index (χ4n) is 2.03. The number of aromatic hydroxyl groups is 1. The maximum absolute atomic E-state index is 9.20. The summed E-state index contributed by atoms with van der Waals surface area (Å²) in [6.07, 6.45) is 2.83. The van der Waals surface area contributed by atoms with Crippen LogP contribution >= 0.6 is 0 Å². The van der Waals surface area contributed by atoms with Crippen LogP contribution in [0.1, 0.15) is 17.5 Å². The van der Waals surface area contributed by atoms with Gasteiger partial charge in [-0.05, 0) is 42.5 Å². The van der Waals surface area contributed by atoms with E-state index in [0.29, 0.717) is 5.75 Å². The lowest BCUT2D eigenvalue weighted by Crippen LogP contribution is -2.23. The molecule has 0 spiro atoms. The van der Waals surface area contributed by atoms with Gasteiger partial charge in [-0.25, -0.2) is 0 Å². The van der Waals surface area contributed by atoms with Gasteiger partial charge in [-0.1, -0.05) is 42.5 Å². The molecule has 2 aromatic carbocycles. The molecule has 0 radical (unpaired) electrons. The predicted octanol–water partition coefficient (Wildman–Crippen LogP) is 2.89. The van der Waals surface area contributed by atoms with E-state index in [1.54, 1.807) is 12.1 Å². The zero-order chi connectivity index (χ0) is 12.8. The first-order valence-electron chi connectivity index (χ1n) is 6.31. The zero-order valence-corrected chi connectivity index (χ0v) is 10.4. The van der Waals surface area contributed by atoms with Crippen LogP contribution in [0.3, 0.4) is 0 Å². The number of nitrogens with two attached hydrogens (primary N) is 1. The van der Waals surface area contributed by atoms with Crippen LogP contribution in [0.4, 0.5) is 0 Å². The van der Waals surface area contributed by atoms with Crippen molar-refractivity contribution in [2.24, 2.45) is 5.73 Å². The van der Waals surface area contributed by atoms with E-state index in [0.717, 1.165) is 19.3 Å². The molecule has 94 valence electrons. The van der Waals surface area contributed by atoms with Gasteiger partial charge in [-0.15, -0.1) is 0 Å². The lowest BCUT2D eigenvalue weighted by molar-refractivity contribution is 0.475. The monoisotopic (exact) mass is 241 g/mol. The summed E-state index contributed by atoms with van der Waals surface area (Å²) in [7, 11) is 0. The molecule has 0 heterocycles. The number of hydrogen-bond donors (Lipinski definition) is 2. The average molecular weight is 241 g/mol. The van der Waals surface area contributed by atoms with Gasteiger partial charge in [0.25, 0.3) is 0 Å². The van der Waals surface area contributed by atoms with E-state index in [1.807, 2.05) is 30.3 Å². The molecule has 2 aromatic rings. The first-order valence-corrected chi connectivity index (χ1v) is 6.31. The molecule has 3 N–H and O–H groups in total. The van der Waals surface area contributed by atoms with Crippen molar-refractivity contribution in [1.29, 1.82) is 0 Å². The summed E-state index contributed by atoms with van der Waals surface area (Å²) >= 11 is 0. The third-order valence-electron chi connectivity index (χ3n) is 3.08. The highest BCUT2D eigenvalue weighted by atomic mass is 16.3. The number of aryl methyl sites for hydroxylation is 1. The minimum Gasteiger partial charge on any atom is -0.508 e. The Hall–Kier alpha value is -1.80. The second-order valence-electron chi connectivity index (χ2n) is 4.65. The molecule has 2 heteroatoms. The van der Waals surface area contributed by atoms with Crippen molar-refractivity contribution in [3.05, 3.63) is 65.7 Å². The molecule has 0 aliphatic carbocycles. The molecule has 18 heavy (non-hydrogen) atoms. The van der Waals surface area contributed by atoms with E-state index in [-0.39, 0.29) is 6.04 Å². The van der Waals surface area contributed by atoms with Crippen LogP contribution in [-0.2, 0) is 12.8 Å². The Bertz CT molecular complexity index is 464. The van der Waals surface area contributed by atoms with Gasteiger partial charge in [0.1, 0.15) is 5.75 Å². The summed E-state index contributed by atoms with van der Waals surface area (Å²) in [5.74, 6) is 0.312. The van der Waals surface area contributed by atoms with E-state index >= 15 is 0 Å². The number of phenolic OH excluding ortho intramolecular Hbond substituents is 1. The van der Waals surface area contributed by atoms with Crippen LogP contribution in [0.25, 0.3) is 0 Å². The quantitative estimate of drug-likeness (QED) is 0.845. The van der Waals surface area contributed by atoms with Crippen molar-refractivity contribution in [3.8, 4) is 5.75 Å². The normalized spacial score (nSPS) is 12.3. The van der Waals surface area contributed by atoms with Gasteiger partial charge in [0.2, 0.25) is 0 Å². The van der Waals surface area contributed by atoms with Crippen molar-refractivity contribution in [2.45, 2.75) is 25.3 Å². The van der Waals surface area contributed by atoms with Gasteiger partial charge in [0.15, 0.2) is 0 Å². The molecule has 0 saturated carbocycles. The van der Waals surface area contributed by atoms with E-state index in [4.69, 9.17) is 5.73 Å². The number of benzene rings is 2. The Morgan fingerprint density at radius 3 is 2.22 bits per heavy atom. The Labute approximate surface area is 108 Å². The molecule has 1 atom stereocenters. The van der Waals surface area contributed by atoms with Gasteiger partial charge in [0.05, 0.1) is 0 Å². The molecule has 0 aliphatic rings. The molecule has 0 amide bonds. The molecule has 0 bridgehead atoms. The molecule has 0 saturated heterocycles. The second-order valence-corrected chi connectivity index (χ2v) is 4.65. The summed E-state index contributed by atoms with van der Waals surface area (Å²) in [6, 6.07) is 17.8. The van der Waals surface area contributed by atoms with Crippen LogP contribution in [-0.4, -0.2) is 11.1 Å². The van der Waals surface area contributed by atoms with E-state index in [2.05, 4.69) is 12.1 Å². The lowest BCUT2D eigenvalue weighted by Gasteiger charge is -2.11. The predicted molar refractivity (Wildman–Crippen MR) is 74.5 cm³/mol. The molecule has 0 aliphatic heterocycles. The molecule has 2 nitrogen and oxygen atoms in total. The zero-order valence-electron chi connectivity index (χ0n) is 10.4. The molecular formula is C16H19NO. The summed E-state index contributed by atoms with van der Waals surface area (Å²) in [5, 5.41) is 9.20. The van der Waals surface area contributed by atoms with E-state index in [1.165, 1.54) is 11.1 Å². The number of phenols is 1. The highest BCUT2D eigenvalue weighted by molar-refractivity contribution is 5.26. The third-order valence-corrected chi connectivity index (χ3v) is 3.08. The Balaban J connectivity index is 1.81. The first-order chi connectivity index (χ1) is 8.74. The van der Waals surface area contributed by atoms with Crippen LogP contribution in [0.2, 0.25) is 0 Å². The van der Waals surface area contributed by atoms with Crippen molar-refractivity contribution >= 4 is 0 Å². The SMILES string of the molecule is NC(CCc1ccc(O)cc1)Cc1ccccc1. The highest BCUT2D eigenvalue weighted by Gasteiger charge is 2.04. The van der Waals surface area contributed by atoms with Gasteiger partial charge >= 0.3 is 0 Å². The van der Waals surface area contributed by atoms with Gasteiger partial charge in [-0.2, -0.15) is 0 Å². The molecule has 0 fully saturated rings. The molecule has 2 rings (SSSR count). The largest absolute Gasteiger partial charge is 0.508 e. The van der Waals surface area contributed by atoms with Crippen molar-refractivity contribution < 1.29 is 5.11 Å².